The van der Waals surface area contributed by atoms with Crippen LogP contribution in [0.25, 0.3) is 5.69 Å². The molecule has 0 radical (unpaired) electrons. The molecule has 0 aliphatic carbocycles. The highest BCUT2D eigenvalue weighted by molar-refractivity contribution is 6.03. The third kappa shape index (κ3) is 2.88. The van der Waals surface area contributed by atoms with Crippen LogP contribution in [0, 0.1) is 20.8 Å². The van der Waals surface area contributed by atoms with E-state index >= 15 is 0 Å². The van der Waals surface area contributed by atoms with Crippen LogP contribution >= 0.6 is 0 Å². The van der Waals surface area contributed by atoms with E-state index in [1.165, 1.54) is 0 Å². The normalized spacial score (nSPS) is 10.8. The van der Waals surface area contributed by atoms with E-state index in [0.29, 0.717) is 5.69 Å². The van der Waals surface area contributed by atoms with E-state index in [2.05, 4.69) is 15.4 Å². The molecule has 6 heteroatoms. The van der Waals surface area contributed by atoms with E-state index in [-0.39, 0.29) is 5.91 Å². The molecule has 0 atom stereocenters. The maximum Gasteiger partial charge on any atom is 0.273 e. The summed E-state index contributed by atoms with van der Waals surface area (Å²) in [5.74, 6) is -0.171. The van der Waals surface area contributed by atoms with Crippen molar-refractivity contribution in [2.24, 2.45) is 7.05 Å². The summed E-state index contributed by atoms with van der Waals surface area (Å²) in [7, 11) is 1.76. The van der Waals surface area contributed by atoms with Gasteiger partial charge in [-0.3, -0.25) is 9.48 Å². The largest absolute Gasteiger partial charge is 0.321 e. The number of carbonyl (C=O) groups is 1. The molecule has 0 unspecified atom stereocenters. The van der Waals surface area contributed by atoms with Gasteiger partial charge in [-0.25, -0.2) is 4.98 Å². The average Bonchev–Trinajstić information content (AvgIpc) is 3.03. The van der Waals surface area contributed by atoms with Gasteiger partial charge in [-0.2, -0.15) is 5.10 Å². The third-order valence-corrected chi connectivity index (χ3v) is 3.89. The van der Waals surface area contributed by atoms with Crippen molar-refractivity contribution in [3.8, 4) is 5.69 Å². The minimum Gasteiger partial charge on any atom is -0.321 e. The molecule has 2 aromatic heterocycles. The second kappa shape index (κ2) is 5.72. The Morgan fingerprint density at radius 1 is 1.13 bits per heavy atom. The van der Waals surface area contributed by atoms with Crippen LogP contribution in [0.3, 0.4) is 0 Å². The Morgan fingerprint density at radius 3 is 2.35 bits per heavy atom. The topological polar surface area (TPSA) is 64.7 Å². The zero-order valence-corrected chi connectivity index (χ0v) is 13.7. The summed E-state index contributed by atoms with van der Waals surface area (Å²) in [5, 5.41) is 7.07. The number of amides is 1. The van der Waals surface area contributed by atoms with Crippen LogP contribution in [0.15, 0.2) is 36.7 Å². The van der Waals surface area contributed by atoms with E-state index in [4.69, 9.17) is 0 Å². The Balaban J connectivity index is 1.79. The zero-order chi connectivity index (χ0) is 16.6. The molecule has 2 heterocycles. The number of aryl methyl sites for hydroxylation is 3. The summed E-state index contributed by atoms with van der Waals surface area (Å²) in [6.07, 6.45) is 1.80. The van der Waals surface area contributed by atoms with Gasteiger partial charge in [0.05, 0.1) is 17.7 Å². The van der Waals surface area contributed by atoms with Gasteiger partial charge in [0.1, 0.15) is 5.69 Å². The number of carbonyl (C=O) groups excluding carboxylic acids is 1. The molecule has 0 aliphatic heterocycles. The van der Waals surface area contributed by atoms with Crippen molar-refractivity contribution < 1.29 is 4.79 Å². The van der Waals surface area contributed by atoms with Gasteiger partial charge in [0, 0.05) is 24.1 Å². The lowest BCUT2D eigenvalue weighted by Crippen LogP contribution is -2.16. The predicted molar refractivity (Wildman–Crippen MR) is 88.9 cm³/mol. The highest BCUT2D eigenvalue weighted by Gasteiger charge is 2.12. The fourth-order valence-electron chi connectivity index (χ4n) is 2.48. The molecule has 1 aromatic carbocycles. The maximum absolute atomic E-state index is 12.3. The molecule has 3 rings (SSSR count). The van der Waals surface area contributed by atoms with Gasteiger partial charge in [0.2, 0.25) is 0 Å². The molecule has 0 spiro atoms. The SMILES string of the molecule is Cc1cc(C(=O)Nc2ccc(-n3cnc(C)c3C)cc2)n(C)n1. The fourth-order valence-corrected chi connectivity index (χ4v) is 2.48. The van der Waals surface area contributed by atoms with Gasteiger partial charge in [-0.05, 0) is 51.1 Å². The number of rotatable bonds is 3. The quantitative estimate of drug-likeness (QED) is 0.809. The molecule has 0 saturated carbocycles. The van der Waals surface area contributed by atoms with E-state index in [0.717, 1.165) is 28.5 Å². The molecule has 3 aromatic rings. The Bertz CT molecular complexity index is 858. The van der Waals surface area contributed by atoms with Crippen molar-refractivity contribution in [1.29, 1.82) is 0 Å². The van der Waals surface area contributed by atoms with Crippen LogP contribution in [-0.2, 0) is 7.05 Å². The highest BCUT2D eigenvalue weighted by Crippen LogP contribution is 2.17. The van der Waals surface area contributed by atoms with Gasteiger partial charge in [0.15, 0.2) is 0 Å². The number of imidazole rings is 1. The number of nitrogens with zero attached hydrogens (tertiary/aromatic N) is 4. The van der Waals surface area contributed by atoms with Crippen LogP contribution < -0.4 is 5.32 Å². The summed E-state index contributed by atoms with van der Waals surface area (Å²) >= 11 is 0. The molecule has 0 bridgehead atoms. The molecule has 118 valence electrons. The molecular formula is C17H19N5O. The minimum absolute atomic E-state index is 0.171. The van der Waals surface area contributed by atoms with Crippen molar-refractivity contribution >= 4 is 11.6 Å². The molecular weight excluding hydrogens is 290 g/mol. The lowest BCUT2D eigenvalue weighted by Gasteiger charge is -2.08. The number of aromatic nitrogens is 4. The van der Waals surface area contributed by atoms with Gasteiger partial charge in [-0.15, -0.1) is 0 Å². The smallest absolute Gasteiger partial charge is 0.273 e. The Kier molecular flexibility index (Phi) is 3.73. The molecule has 0 saturated heterocycles. The summed E-state index contributed by atoms with van der Waals surface area (Å²) in [6.45, 7) is 5.88. The minimum atomic E-state index is -0.171. The molecule has 23 heavy (non-hydrogen) atoms. The van der Waals surface area contributed by atoms with Crippen LogP contribution in [-0.4, -0.2) is 25.2 Å². The summed E-state index contributed by atoms with van der Waals surface area (Å²) in [5.41, 5.74) is 5.22. The summed E-state index contributed by atoms with van der Waals surface area (Å²) in [4.78, 5) is 16.6. The van der Waals surface area contributed by atoms with Gasteiger partial charge in [0.25, 0.3) is 5.91 Å². The Morgan fingerprint density at radius 2 is 1.83 bits per heavy atom. The second-order valence-electron chi connectivity index (χ2n) is 5.58. The average molecular weight is 309 g/mol. The first-order chi connectivity index (χ1) is 11.0. The number of hydrogen-bond donors (Lipinski definition) is 1. The van der Waals surface area contributed by atoms with Crippen LogP contribution in [0.2, 0.25) is 0 Å². The molecule has 1 amide bonds. The van der Waals surface area contributed by atoms with Crippen molar-refractivity contribution in [3.63, 3.8) is 0 Å². The van der Waals surface area contributed by atoms with E-state index in [1.807, 2.05) is 49.6 Å². The molecule has 0 fully saturated rings. The lowest BCUT2D eigenvalue weighted by atomic mass is 10.2. The van der Waals surface area contributed by atoms with E-state index in [1.54, 1.807) is 24.1 Å². The first-order valence-electron chi connectivity index (χ1n) is 7.38. The number of anilines is 1. The second-order valence-corrected chi connectivity index (χ2v) is 5.58. The third-order valence-electron chi connectivity index (χ3n) is 3.89. The Hall–Kier alpha value is -2.89. The summed E-state index contributed by atoms with van der Waals surface area (Å²) in [6, 6.07) is 9.44. The van der Waals surface area contributed by atoms with Crippen LogP contribution in [0.1, 0.15) is 27.6 Å². The van der Waals surface area contributed by atoms with Crippen molar-refractivity contribution in [1.82, 2.24) is 19.3 Å². The van der Waals surface area contributed by atoms with Crippen molar-refractivity contribution in [2.75, 3.05) is 5.32 Å². The predicted octanol–water partition coefficient (Wildman–Crippen LogP) is 2.78. The maximum atomic E-state index is 12.3. The Labute approximate surface area is 134 Å². The first kappa shape index (κ1) is 15.0. The summed E-state index contributed by atoms with van der Waals surface area (Å²) < 4.78 is 3.60. The lowest BCUT2D eigenvalue weighted by molar-refractivity contribution is 0.101. The number of nitrogens with one attached hydrogen (secondary N) is 1. The van der Waals surface area contributed by atoms with Crippen molar-refractivity contribution in [2.45, 2.75) is 20.8 Å². The van der Waals surface area contributed by atoms with E-state index < -0.39 is 0 Å². The first-order valence-corrected chi connectivity index (χ1v) is 7.38. The molecule has 0 aliphatic rings. The molecule has 1 N–H and O–H groups in total. The van der Waals surface area contributed by atoms with Gasteiger partial charge < -0.3 is 9.88 Å². The number of hydrogen-bond acceptors (Lipinski definition) is 3. The van der Waals surface area contributed by atoms with E-state index in [9.17, 15) is 4.79 Å². The van der Waals surface area contributed by atoms with Crippen LogP contribution in [0.5, 0.6) is 0 Å². The number of benzene rings is 1. The van der Waals surface area contributed by atoms with Gasteiger partial charge in [-0.1, -0.05) is 0 Å². The van der Waals surface area contributed by atoms with Crippen molar-refractivity contribution in [3.05, 3.63) is 59.4 Å². The van der Waals surface area contributed by atoms with Gasteiger partial charge >= 0.3 is 0 Å². The van der Waals surface area contributed by atoms with Crippen LogP contribution in [0.4, 0.5) is 5.69 Å². The fraction of sp³-hybridized carbons (Fsp3) is 0.235. The zero-order valence-electron chi connectivity index (χ0n) is 13.7. The standard InChI is InChI=1S/C17H19N5O/c1-11-9-16(21(4)20-11)17(23)19-14-5-7-15(8-6-14)22-10-18-12(2)13(22)3/h5-10H,1-4H3,(H,19,23). The highest BCUT2D eigenvalue weighted by atomic mass is 16.2. The molecule has 6 nitrogen and oxygen atoms in total. The monoisotopic (exact) mass is 309 g/mol.